The van der Waals surface area contributed by atoms with E-state index < -0.39 is 37.5 Å². The SMILES string of the molecule is CCN(C(C)C(=O)OC)S(=O)(=O)c1ccccc1[N+](=O)[O-]. The number of nitrogens with zero attached hydrogens (tertiary/aromatic N) is 2. The number of nitro benzene ring substituents is 1. The van der Waals surface area contributed by atoms with E-state index >= 15 is 0 Å². The van der Waals surface area contributed by atoms with Crippen LogP contribution in [0.4, 0.5) is 5.69 Å². The monoisotopic (exact) mass is 316 g/mol. The third-order valence-corrected chi connectivity index (χ3v) is 5.03. The predicted octanol–water partition coefficient (Wildman–Crippen LogP) is 1.17. The second-order valence-electron chi connectivity index (χ2n) is 4.13. The molecule has 0 saturated heterocycles. The fraction of sp³-hybridized carbons (Fsp3) is 0.417. The minimum absolute atomic E-state index is 0.0232. The summed E-state index contributed by atoms with van der Waals surface area (Å²) in [5, 5.41) is 11.0. The molecule has 1 aromatic carbocycles. The van der Waals surface area contributed by atoms with Gasteiger partial charge in [-0.1, -0.05) is 19.1 Å². The van der Waals surface area contributed by atoms with Crippen LogP contribution in [-0.4, -0.2) is 43.3 Å². The molecule has 0 aromatic heterocycles. The van der Waals surface area contributed by atoms with Crippen molar-refractivity contribution in [2.24, 2.45) is 0 Å². The first-order valence-electron chi connectivity index (χ1n) is 6.10. The molecule has 1 rings (SSSR count). The highest BCUT2D eigenvalue weighted by atomic mass is 32.2. The maximum atomic E-state index is 12.6. The largest absolute Gasteiger partial charge is 0.468 e. The van der Waals surface area contributed by atoms with Gasteiger partial charge in [-0.25, -0.2) is 8.42 Å². The summed E-state index contributed by atoms with van der Waals surface area (Å²) in [4.78, 5) is 21.3. The fourth-order valence-corrected chi connectivity index (χ4v) is 3.64. The number of sulfonamides is 1. The van der Waals surface area contributed by atoms with Crippen LogP contribution in [0, 0.1) is 10.1 Å². The molecule has 116 valence electrons. The van der Waals surface area contributed by atoms with Gasteiger partial charge in [0.1, 0.15) is 6.04 Å². The zero-order valence-corrected chi connectivity index (χ0v) is 12.7. The molecule has 0 radical (unpaired) electrons. The zero-order valence-electron chi connectivity index (χ0n) is 11.8. The lowest BCUT2D eigenvalue weighted by molar-refractivity contribution is -0.387. The smallest absolute Gasteiger partial charge is 0.323 e. The van der Waals surface area contributed by atoms with Crippen LogP contribution in [0.25, 0.3) is 0 Å². The molecule has 0 N–H and O–H groups in total. The third-order valence-electron chi connectivity index (χ3n) is 2.93. The lowest BCUT2D eigenvalue weighted by atomic mass is 10.3. The highest BCUT2D eigenvalue weighted by molar-refractivity contribution is 7.89. The van der Waals surface area contributed by atoms with Gasteiger partial charge >= 0.3 is 5.97 Å². The first-order valence-corrected chi connectivity index (χ1v) is 7.54. The number of ether oxygens (including phenoxy) is 1. The minimum atomic E-state index is -4.19. The molecular formula is C12H16N2O6S. The van der Waals surface area contributed by atoms with Gasteiger partial charge in [-0.2, -0.15) is 4.31 Å². The van der Waals surface area contributed by atoms with Gasteiger partial charge in [-0.05, 0) is 13.0 Å². The van der Waals surface area contributed by atoms with Gasteiger partial charge in [0.05, 0.1) is 12.0 Å². The molecule has 0 heterocycles. The Kier molecular flexibility index (Phi) is 5.39. The molecule has 1 atom stereocenters. The summed E-state index contributed by atoms with van der Waals surface area (Å²) < 4.78 is 30.5. The molecule has 0 fully saturated rings. The number of carbonyl (C=O) groups excluding carboxylic acids is 1. The van der Waals surface area contributed by atoms with E-state index in [9.17, 15) is 23.3 Å². The molecule has 0 aliphatic heterocycles. The fourth-order valence-electron chi connectivity index (χ4n) is 1.89. The summed E-state index contributed by atoms with van der Waals surface area (Å²) in [5.41, 5.74) is -0.534. The van der Waals surface area contributed by atoms with Crippen LogP contribution in [-0.2, 0) is 19.6 Å². The van der Waals surface area contributed by atoms with E-state index in [4.69, 9.17) is 0 Å². The second kappa shape index (κ2) is 6.64. The van der Waals surface area contributed by atoms with Crippen molar-refractivity contribution in [2.45, 2.75) is 24.8 Å². The average Bonchev–Trinajstić information content (AvgIpc) is 2.46. The number of rotatable bonds is 6. The topological polar surface area (TPSA) is 107 Å². The Morgan fingerprint density at radius 3 is 2.48 bits per heavy atom. The van der Waals surface area contributed by atoms with Crippen molar-refractivity contribution < 1.29 is 22.9 Å². The molecule has 0 spiro atoms. The zero-order chi connectivity index (χ0) is 16.2. The Bertz CT molecular complexity index is 643. The lowest BCUT2D eigenvalue weighted by Gasteiger charge is -2.25. The second-order valence-corrected chi connectivity index (χ2v) is 5.99. The minimum Gasteiger partial charge on any atom is -0.468 e. The number of hydrogen-bond acceptors (Lipinski definition) is 6. The Balaban J connectivity index is 3.39. The quantitative estimate of drug-likeness (QED) is 0.443. The van der Waals surface area contributed by atoms with Gasteiger partial charge in [-0.15, -0.1) is 0 Å². The van der Waals surface area contributed by atoms with Crippen LogP contribution >= 0.6 is 0 Å². The van der Waals surface area contributed by atoms with Gasteiger partial charge in [0.2, 0.25) is 0 Å². The number of esters is 1. The van der Waals surface area contributed by atoms with E-state index in [1.807, 2.05) is 0 Å². The van der Waals surface area contributed by atoms with Crippen molar-refractivity contribution in [1.82, 2.24) is 4.31 Å². The van der Waals surface area contributed by atoms with Gasteiger partial charge in [0, 0.05) is 12.6 Å². The summed E-state index contributed by atoms with van der Waals surface area (Å²) in [6.07, 6.45) is 0. The first-order chi connectivity index (χ1) is 9.77. The Morgan fingerprint density at radius 2 is 2.00 bits per heavy atom. The lowest BCUT2D eigenvalue weighted by Crippen LogP contribution is -2.43. The Hall–Kier alpha value is -2.00. The Morgan fingerprint density at radius 1 is 1.43 bits per heavy atom. The van der Waals surface area contributed by atoms with Crippen LogP contribution in [0.5, 0.6) is 0 Å². The van der Waals surface area contributed by atoms with E-state index in [0.717, 1.165) is 23.5 Å². The molecule has 0 aliphatic carbocycles. The summed E-state index contributed by atoms with van der Waals surface area (Å²) in [5.74, 6) is -0.737. The van der Waals surface area contributed by atoms with Crippen molar-refractivity contribution >= 4 is 21.7 Å². The van der Waals surface area contributed by atoms with E-state index in [0.29, 0.717) is 0 Å². The van der Waals surface area contributed by atoms with Crippen LogP contribution in [0.2, 0.25) is 0 Å². The highest BCUT2D eigenvalue weighted by Gasteiger charge is 2.36. The average molecular weight is 316 g/mol. The number of nitro groups is 1. The summed E-state index contributed by atoms with van der Waals surface area (Å²) >= 11 is 0. The number of carbonyl (C=O) groups is 1. The molecule has 1 unspecified atom stereocenters. The van der Waals surface area contributed by atoms with Crippen LogP contribution in [0.1, 0.15) is 13.8 Å². The molecule has 0 aliphatic rings. The standard InChI is InChI=1S/C12H16N2O6S/c1-4-13(9(2)12(15)20-3)21(18,19)11-8-6-5-7-10(11)14(16)17/h5-9H,4H2,1-3H3. The predicted molar refractivity (Wildman–Crippen MR) is 74.1 cm³/mol. The molecule has 9 heteroatoms. The summed E-state index contributed by atoms with van der Waals surface area (Å²) in [7, 11) is -3.05. The number of benzene rings is 1. The molecular weight excluding hydrogens is 300 g/mol. The van der Waals surface area contributed by atoms with E-state index in [1.165, 1.54) is 26.0 Å². The highest BCUT2D eigenvalue weighted by Crippen LogP contribution is 2.27. The third kappa shape index (κ3) is 3.37. The van der Waals surface area contributed by atoms with Crippen molar-refractivity contribution in [2.75, 3.05) is 13.7 Å². The van der Waals surface area contributed by atoms with E-state index in [1.54, 1.807) is 0 Å². The molecule has 21 heavy (non-hydrogen) atoms. The maximum absolute atomic E-state index is 12.6. The van der Waals surface area contributed by atoms with Gasteiger partial charge in [0.15, 0.2) is 4.90 Å². The number of hydrogen-bond donors (Lipinski definition) is 0. The molecule has 1 aromatic rings. The number of methoxy groups -OCH3 is 1. The number of likely N-dealkylation sites (N-methyl/N-ethyl adjacent to an activating group) is 1. The summed E-state index contributed by atoms with van der Waals surface area (Å²) in [6.45, 7) is 2.87. The first kappa shape index (κ1) is 17.1. The molecule has 0 bridgehead atoms. The van der Waals surface area contributed by atoms with Crippen molar-refractivity contribution in [1.29, 1.82) is 0 Å². The van der Waals surface area contributed by atoms with E-state index in [-0.39, 0.29) is 6.54 Å². The summed E-state index contributed by atoms with van der Waals surface area (Å²) in [6, 6.07) is 3.92. The van der Waals surface area contributed by atoms with E-state index in [2.05, 4.69) is 4.74 Å². The maximum Gasteiger partial charge on any atom is 0.323 e. The van der Waals surface area contributed by atoms with Crippen LogP contribution in [0.3, 0.4) is 0 Å². The van der Waals surface area contributed by atoms with Gasteiger partial charge < -0.3 is 4.74 Å². The van der Waals surface area contributed by atoms with Gasteiger partial charge in [-0.3, -0.25) is 14.9 Å². The Labute approximate surface area is 122 Å². The van der Waals surface area contributed by atoms with Gasteiger partial charge in [0.25, 0.3) is 15.7 Å². The molecule has 8 nitrogen and oxygen atoms in total. The van der Waals surface area contributed by atoms with Crippen molar-refractivity contribution in [3.05, 3.63) is 34.4 Å². The number of para-hydroxylation sites is 1. The molecule has 0 amide bonds. The van der Waals surface area contributed by atoms with Crippen molar-refractivity contribution in [3.63, 3.8) is 0 Å². The van der Waals surface area contributed by atoms with Crippen molar-refractivity contribution in [3.8, 4) is 0 Å². The van der Waals surface area contributed by atoms with Crippen LogP contribution in [0.15, 0.2) is 29.2 Å². The van der Waals surface area contributed by atoms with Crippen LogP contribution < -0.4 is 0 Å². The normalized spacial score (nSPS) is 13.0. The molecule has 0 saturated carbocycles.